The lowest BCUT2D eigenvalue weighted by Gasteiger charge is -2.42. The average molecular weight is 285 g/mol. The Bertz CT molecular complexity index is 557. The summed E-state index contributed by atoms with van der Waals surface area (Å²) in [4.78, 5) is 6.58. The Balaban J connectivity index is 2.19. The molecule has 21 heavy (non-hydrogen) atoms. The van der Waals surface area contributed by atoms with Crippen molar-refractivity contribution in [2.24, 2.45) is 5.41 Å². The number of allylic oxidation sites excluding steroid dienone is 2. The van der Waals surface area contributed by atoms with E-state index in [1.807, 2.05) is 6.07 Å². The van der Waals surface area contributed by atoms with Crippen LogP contribution >= 0.6 is 0 Å². The summed E-state index contributed by atoms with van der Waals surface area (Å²) in [6, 6.07) is 5.70. The highest BCUT2D eigenvalue weighted by Gasteiger charge is 2.34. The Hall–Kier alpha value is -1.86. The molecule has 0 radical (unpaired) electrons. The van der Waals surface area contributed by atoms with Gasteiger partial charge in [-0.05, 0) is 45.2 Å². The van der Waals surface area contributed by atoms with Gasteiger partial charge in [-0.2, -0.15) is 5.26 Å². The molecule has 1 aromatic rings. The summed E-state index contributed by atoms with van der Waals surface area (Å²) < 4.78 is 0. The standard InChI is InChI=1S/C17H23N3O/c1-14(2)4-7-17(13-21)6-3-9-20(12-17)16-10-15(11-18)5-8-19-16/h4-5,8,10,21H,3,6-7,9,12-13H2,1-2H3/t17-/m1/s1. The van der Waals surface area contributed by atoms with Crippen LogP contribution in [0, 0.1) is 16.7 Å². The highest BCUT2D eigenvalue weighted by Crippen LogP contribution is 2.35. The van der Waals surface area contributed by atoms with Gasteiger partial charge in [0.25, 0.3) is 0 Å². The quantitative estimate of drug-likeness (QED) is 0.864. The molecule has 4 heteroatoms. The van der Waals surface area contributed by atoms with Crippen LogP contribution < -0.4 is 4.90 Å². The monoisotopic (exact) mass is 285 g/mol. The van der Waals surface area contributed by atoms with Crippen molar-refractivity contribution in [2.45, 2.75) is 33.1 Å². The number of hydrogen-bond acceptors (Lipinski definition) is 4. The second kappa shape index (κ2) is 6.73. The van der Waals surface area contributed by atoms with Gasteiger partial charge in [0.15, 0.2) is 0 Å². The van der Waals surface area contributed by atoms with Crippen LogP contribution in [0.15, 0.2) is 30.0 Å². The Morgan fingerprint density at radius 1 is 1.57 bits per heavy atom. The maximum atomic E-state index is 9.89. The topological polar surface area (TPSA) is 60.1 Å². The van der Waals surface area contributed by atoms with Crippen LogP contribution in [0.2, 0.25) is 0 Å². The summed E-state index contributed by atoms with van der Waals surface area (Å²) in [5.41, 5.74) is 1.81. The predicted octanol–water partition coefficient (Wildman–Crippen LogP) is 2.89. The van der Waals surface area contributed by atoms with Crippen LogP contribution in [-0.2, 0) is 0 Å². The van der Waals surface area contributed by atoms with Gasteiger partial charge in [0.05, 0.1) is 18.2 Å². The van der Waals surface area contributed by atoms with Crippen LogP contribution in [0.25, 0.3) is 0 Å². The van der Waals surface area contributed by atoms with Crippen LogP contribution in [0.1, 0.15) is 38.7 Å². The maximum Gasteiger partial charge on any atom is 0.129 e. The van der Waals surface area contributed by atoms with Gasteiger partial charge < -0.3 is 10.0 Å². The second-order valence-corrected chi connectivity index (χ2v) is 6.18. The van der Waals surface area contributed by atoms with Crippen LogP contribution in [0.3, 0.4) is 0 Å². The zero-order valence-electron chi connectivity index (χ0n) is 12.8. The number of nitrogens with zero attached hydrogens (tertiary/aromatic N) is 3. The number of pyridine rings is 1. The summed E-state index contributed by atoms with van der Waals surface area (Å²) >= 11 is 0. The molecule has 0 saturated carbocycles. The van der Waals surface area contributed by atoms with Gasteiger partial charge in [0.2, 0.25) is 0 Å². The van der Waals surface area contributed by atoms with Crippen molar-refractivity contribution >= 4 is 5.82 Å². The lowest BCUT2D eigenvalue weighted by molar-refractivity contribution is 0.108. The number of aliphatic hydroxyl groups excluding tert-OH is 1. The minimum Gasteiger partial charge on any atom is -0.396 e. The first-order valence-corrected chi connectivity index (χ1v) is 7.44. The molecule has 112 valence electrons. The number of aliphatic hydroxyl groups is 1. The third-order valence-corrected chi connectivity index (χ3v) is 4.14. The Morgan fingerprint density at radius 2 is 2.38 bits per heavy atom. The second-order valence-electron chi connectivity index (χ2n) is 6.18. The van der Waals surface area contributed by atoms with Crippen LogP contribution in [-0.4, -0.2) is 29.8 Å². The zero-order chi connectivity index (χ0) is 15.3. The van der Waals surface area contributed by atoms with E-state index in [0.717, 1.165) is 38.2 Å². The van der Waals surface area contributed by atoms with E-state index in [9.17, 15) is 5.11 Å². The third-order valence-electron chi connectivity index (χ3n) is 4.14. The smallest absolute Gasteiger partial charge is 0.129 e. The summed E-state index contributed by atoms with van der Waals surface area (Å²) in [6.45, 7) is 6.08. The van der Waals surface area contributed by atoms with Crippen molar-refractivity contribution in [3.63, 3.8) is 0 Å². The molecule has 1 fully saturated rings. The largest absolute Gasteiger partial charge is 0.396 e. The highest BCUT2D eigenvalue weighted by atomic mass is 16.3. The molecule has 4 nitrogen and oxygen atoms in total. The van der Waals surface area contributed by atoms with E-state index in [-0.39, 0.29) is 12.0 Å². The molecular formula is C17H23N3O. The summed E-state index contributed by atoms with van der Waals surface area (Å²) in [5, 5.41) is 18.9. The first-order valence-electron chi connectivity index (χ1n) is 7.44. The fraction of sp³-hybridized carbons (Fsp3) is 0.529. The Kier molecular flexibility index (Phi) is 4.98. The van der Waals surface area contributed by atoms with Gasteiger partial charge in [-0.3, -0.25) is 0 Å². The number of piperidine rings is 1. The van der Waals surface area contributed by atoms with Gasteiger partial charge in [-0.25, -0.2) is 4.98 Å². The first kappa shape index (κ1) is 15.5. The molecule has 1 saturated heterocycles. The molecule has 2 rings (SSSR count). The molecule has 1 atom stereocenters. The molecule has 2 heterocycles. The number of anilines is 1. The number of aromatic nitrogens is 1. The van der Waals surface area contributed by atoms with E-state index in [1.165, 1.54) is 5.57 Å². The molecule has 0 bridgehead atoms. The fourth-order valence-corrected chi connectivity index (χ4v) is 2.85. The number of nitriles is 1. The molecule has 0 spiro atoms. The molecule has 1 N–H and O–H groups in total. The minimum atomic E-state index is -0.0974. The molecule has 0 amide bonds. The van der Waals surface area contributed by atoms with E-state index < -0.39 is 0 Å². The predicted molar refractivity (Wildman–Crippen MR) is 84.0 cm³/mol. The molecular weight excluding hydrogens is 262 g/mol. The summed E-state index contributed by atoms with van der Waals surface area (Å²) in [5.74, 6) is 0.837. The first-order chi connectivity index (χ1) is 10.1. The van der Waals surface area contributed by atoms with Gasteiger partial charge in [-0.15, -0.1) is 0 Å². The lowest BCUT2D eigenvalue weighted by atomic mass is 9.77. The number of hydrogen-bond donors (Lipinski definition) is 1. The van der Waals surface area contributed by atoms with Gasteiger partial charge in [0, 0.05) is 24.7 Å². The number of rotatable bonds is 4. The van der Waals surface area contributed by atoms with Crippen molar-refractivity contribution in [1.82, 2.24) is 4.98 Å². The lowest BCUT2D eigenvalue weighted by Crippen LogP contribution is -2.45. The van der Waals surface area contributed by atoms with Gasteiger partial charge in [0.1, 0.15) is 5.82 Å². The molecule has 0 aromatic carbocycles. The third kappa shape index (κ3) is 3.83. The molecule has 0 aliphatic carbocycles. The minimum absolute atomic E-state index is 0.0974. The molecule has 0 unspecified atom stereocenters. The molecule has 1 aromatic heterocycles. The van der Waals surface area contributed by atoms with Crippen molar-refractivity contribution < 1.29 is 5.11 Å². The van der Waals surface area contributed by atoms with E-state index in [1.54, 1.807) is 12.3 Å². The van der Waals surface area contributed by atoms with Crippen molar-refractivity contribution in [1.29, 1.82) is 5.26 Å². The van der Waals surface area contributed by atoms with Gasteiger partial charge in [-0.1, -0.05) is 11.6 Å². The maximum absolute atomic E-state index is 9.89. The van der Waals surface area contributed by atoms with E-state index >= 15 is 0 Å². The van der Waals surface area contributed by atoms with Crippen molar-refractivity contribution in [3.8, 4) is 6.07 Å². The zero-order valence-corrected chi connectivity index (χ0v) is 12.8. The average Bonchev–Trinajstić information content (AvgIpc) is 2.53. The van der Waals surface area contributed by atoms with Gasteiger partial charge >= 0.3 is 0 Å². The SMILES string of the molecule is CC(C)=CC[C@]1(CO)CCCN(c2cc(C#N)ccn2)C1. The van der Waals surface area contributed by atoms with Crippen LogP contribution in [0.5, 0.6) is 0 Å². The summed E-state index contributed by atoms with van der Waals surface area (Å²) in [7, 11) is 0. The Morgan fingerprint density at radius 3 is 3.05 bits per heavy atom. The highest BCUT2D eigenvalue weighted by molar-refractivity contribution is 5.45. The van der Waals surface area contributed by atoms with Crippen LogP contribution in [0.4, 0.5) is 5.82 Å². The normalized spacial score (nSPS) is 21.7. The molecule has 1 aliphatic rings. The fourth-order valence-electron chi connectivity index (χ4n) is 2.85. The Labute approximate surface area is 126 Å². The van der Waals surface area contributed by atoms with E-state index in [0.29, 0.717) is 5.56 Å². The van der Waals surface area contributed by atoms with Crippen molar-refractivity contribution in [3.05, 3.63) is 35.5 Å². The summed E-state index contributed by atoms with van der Waals surface area (Å²) in [6.07, 6.45) is 6.84. The van der Waals surface area contributed by atoms with E-state index in [2.05, 4.69) is 35.9 Å². The van der Waals surface area contributed by atoms with Crippen molar-refractivity contribution in [2.75, 3.05) is 24.6 Å². The van der Waals surface area contributed by atoms with E-state index in [4.69, 9.17) is 5.26 Å². The molecule has 1 aliphatic heterocycles.